The largest absolute Gasteiger partial charge is 0.466 e. The Morgan fingerprint density at radius 2 is 2.47 bits per heavy atom. The first-order chi connectivity index (χ1) is 7.20. The van der Waals surface area contributed by atoms with Crippen LogP contribution in [-0.4, -0.2) is 17.6 Å². The van der Waals surface area contributed by atoms with E-state index in [4.69, 9.17) is 10.5 Å². The molecule has 1 aliphatic rings. The molecule has 1 fully saturated rings. The van der Waals surface area contributed by atoms with Crippen molar-refractivity contribution >= 4 is 22.4 Å². The molecule has 1 saturated carbocycles. The standard InChI is InChI=1S/C10H14N2O2S/c1-2-14-9(13)7-3-6(4-7)8-5-12-10(11)15-8/h5-7H,2-4H2,1H3,(H2,11,12). The van der Waals surface area contributed by atoms with Crippen LogP contribution in [0.1, 0.15) is 30.6 Å². The van der Waals surface area contributed by atoms with E-state index in [9.17, 15) is 4.79 Å². The number of anilines is 1. The fourth-order valence-corrected chi connectivity index (χ4v) is 2.60. The van der Waals surface area contributed by atoms with E-state index < -0.39 is 0 Å². The van der Waals surface area contributed by atoms with Gasteiger partial charge in [0.05, 0.1) is 12.5 Å². The van der Waals surface area contributed by atoms with Gasteiger partial charge in [-0.3, -0.25) is 4.79 Å². The predicted octanol–water partition coefficient (Wildman–Crippen LogP) is 1.78. The maximum absolute atomic E-state index is 11.3. The molecule has 0 bridgehead atoms. The number of hydrogen-bond donors (Lipinski definition) is 1. The topological polar surface area (TPSA) is 65.2 Å². The summed E-state index contributed by atoms with van der Waals surface area (Å²) in [5.74, 6) is 0.471. The number of aromatic nitrogens is 1. The van der Waals surface area contributed by atoms with Crippen LogP contribution in [0.25, 0.3) is 0 Å². The lowest BCUT2D eigenvalue weighted by atomic mass is 9.74. The Balaban J connectivity index is 1.85. The Labute approximate surface area is 92.5 Å². The molecule has 0 saturated heterocycles. The summed E-state index contributed by atoms with van der Waals surface area (Å²) in [4.78, 5) is 16.5. The van der Waals surface area contributed by atoms with Gasteiger partial charge in [-0.15, -0.1) is 11.3 Å². The number of ether oxygens (including phenoxy) is 1. The number of rotatable bonds is 3. The third-order valence-electron chi connectivity index (χ3n) is 2.70. The van der Waals surface area contributed by atoms with Crippen LogP contribution in [0.3, 0.4) is 0 Å². The Morgan fingerprint density at radius 3 is 3.00 bits per heavy atom. The van der Waals surface area contributed by atoms with E-state index in [0.29, 0.717) is 17.7 Å². The Hall–Kier alpha value is -1.10. The molecule has 0 atom stereocenters. The van der Waals surface area contributed by atoms with Crippen LogP contribution in [0.2, 0.25) is 0 Å². The van der Waals surface area contributed by atoms with Gasteiger partial charge in [0.25, 0.3) is 0 Å². The molecule has 82 valence electrons. The summed E-state index contributed by atoms with van der Waals surface area (Å²) in [5.41, 5.74) is 5.55. The van der Waals surface area contributed by atoms with Crippen LogP contribution in [0.4, 0.5) is 5.13 Å². The van der Waals surface area contributed by atoms with E-state index in [1.54, 1.807) is 0 Å². The van der Waals surface area contributed by atoms with Gasteiger partial charge >= 0.3 is 5.97 Å². The van der Waals surface area contributed by atoms with Crippen molar-refractivity contribution in [2.45, 2.75) is 25.7 Å². The SMILES string of the molecule is CCOC(=O)C1CC(c2cnc(N)s2)C1. The monoisotopic (exact) mass is 226 g/mol. The summed E-state index contributed by atoms with van der Waals surface area (Å²) in [7, 11) is 0. The van der Waals surface area contributed by atoms with Crippen molar-refractivity contribution in [3.05, 3.63) is 11.1 Å². The first-order valence-corrected chi connectivity index (χ1v) is 5.90. The molecule has 0 amide bonds. The Kier molecular flexibility index (Phi) is 2.90. The molecule has 0 aliphatic heterocycles. The zero-order chi connectivity index (χ0) is 10.8. The predicted molar refractivity (Wildman–Crippen MR) is 58.6 cm³/mol. The number of carbonyl (C=O) groups is 1. The quantitative estimate of drug-likeness (QED) is 0.798. The van der Waals surface area contributed by atoms with Crippen molar-refractivity contribution in [1.29, 1.82) is 0 Å². The molecular formula is C10H14N2O2S. The van der Waals surface area contributed by atoms with Gasteiger partial charge in [0.15, 0.2) is 5.13 Å². The van der Waals surface area contributed by atoms with Gasteiger partial charge in [0.2, 0.25) is 0 Å². The Morgan fingerprint density at radius 1 is 1.73 bits per heavy atom. The van der Waals surface area contributed by atoms with Gasteiger partial charge in [0.1, 0.15) is 0 Å². The third-order valence-corrected chi connectivity index (χ3v) is 3.69. The molecule has 15 heavy (non-hydrogen) atoms. The molecule has 2 N–H and O–H groups in total. The number of carbonyl (C=O) groups excluding carboxylic acids is 1. The Bertz CT molecular complexity index is 358. The highest BCUT2D eigenvalue weighted by Crippen LogP contribution is 2.44. The van der Waals surface area contributed by atoms with Gasteiger partial charge in [-0.1, -0.05) is 0 Å². The lowest BCUT2D eigenvalue weighted by molar-refractivity contribution is -0.151. The van der Waals surface area contributed by atoms with Gasteiger partial charge in [-0.2, -0.15) is 0 Å². The molecule has 0 spiro atoms. The molecule has 1 aliphatic carbocycles. The lowest BCUT2D eigenvalue weighted by Crippen LogP contribution is -2.30. The summed E-state index contributed by atoms with van der Waals surface area (Å²) < 4.78 is 4.96. The molecule has 5 heteroatoms. The second kappa shape index (κ2) is 4.18. The van der Waals surface area contributed by atoms with Gasteiger partial charge < -0.3 is 10.5 Å². The van der Waals surface area contributed by atoms with Crippen molar-refractivity contribution in [1.82, 2.24) is 4.98 Å². The van der Waals surface area contributed by atoms with E-state index in [-0.39, 0.29) is 11.9 Å². The van der Waals surface area contributed by atoms with E-state index >= 15 is 0 Å². The fourth-order valence-electron chi connectivity index (χ4n) is 1.79. The summed E-state index contributed by atoms with van der Waals surface area (Å²) in [6, 6.07) is 0. The molecule has 4 nitrogen and oxygen atoms in total. The minimum absolute atomic E-state index is 0.0637. The molecule has 1 heterocycles. The summed E-state index contributed by atoms with van der Waals surface area (Å²) in [6.07, 6.45) is 3.56. The van der Waals surface area contributed by atoms with E-state index in [0.717, 1.165) is 12.8 Å². The number of esters is 1. The molecule has 0 aromatic carbocycles. The third kappa shape index (κ3) is 2.12. The normalized spacial score (nSPS) is 24.6. The van der Waals surface area contributed by atoms with Crippen LogP contribution >= 0.6 is 11.3 Å². The maximum Gasteiger partial charge on any atom is 0.308 e. The first-order valence-electron chi connectivity index (χ1n) is 5.08. The maximum atomic E-state index is 11.3. The zero-order valence-corrected chi connectivity index (χ0v) is 9.42. The molecule has 0 radical (unpaired) electrons. The number of nitrogens with zero attached hydrogens (tertiary/aromatic N) is 1. The van der Waals surface area contributed by atoms with E-state index in [1.165, 1.54) is 16.2 Å². The minimum Gasteiger partial charge on any atom is -0.466 e. The first kappa shape index (κ1) is 10.4. The minimum atomic E-state index is -0.0637. The fraction of sp³-hybridized carbons (Fsp3) is 0.600. The second-order valence-electron chi connectivity index (χ2n) is 3.72. The van der Waals surface area contributed by atoms with Crippen molar-refractivity contribution in [2.24, 2.45) is 5.92 Å². The van der Waals surface area contributed by atoms with Crippen molar-refractivity contribution < 1.29 is 9.53 Å². The molecular weight excluding hydrogens is 212 g/mol. The van der Waals surface area contributed by atoms with E-state index in [2.05, 4.69) is 4.98 Å². The van der Waals surface area contributed by atoms with Gasteiger partial charge in [-0.25, -0.2) is 4.98 Å². The lowest BCUT2D eigenvalue weighted by Gasteiger charge is -2.32. The number of thiazole rings is 1. The summed E-state index contributed by atoms with van der Waals surface area (Å²) in [5, 5.41) is 0.601. The highest BCUT2D eigenvalue weighted by Gasteiger charge is 2.37. The van der Waals surface area contributed by atoms with E-state index in [1.807, 2.05) is 13.1 Å². The van der Waals surface area contributed by atoms with Gasteiger partial charge in [-0.05, 0) is 25.7 Å². The highest BCUT2D eigenvalue weighted by molar-refractivity contribution is 7.15. The number of hydrogen-bond acceptors (Lipinski definition) is 5. The average Bonchev–Trinajstić information content (AvgIpc) is 2.49. The van der Waals surface area contributed by atoms with Crippen LogP contribution < -0.4 is 5.73 Å². The molecule has 1 aromatic rings. The van der Waals surface area contributed by atoms with Crippen LogP contribution in [-0.2, 0) is 9.53 Å². The van der Waals surface area contributed by atoms with Crippen molar-refractivity contribution in [3.8, 4) is 0 Å². The number of nitrogens with two attached hydrogens (primary N) is 1. The van der Waals surface area contributed by atoms with Crippen LogP contribution in [0.5, 0.6) is 0 Å². The smallest absolute Gasteiger partial charge is 0.308 e. The second-order valence-corrected chi connectivity index (χ2v) is 4.81. The molecule has 2 rings (SSSR count). The zero-order valence-electron chi connectivity index (χ0n) is 8.60. The van der Waals surface area contributed by atoms with Crippen LogP contribution in [0, 0.1) is 5.92 Å². The van der Waals surface area contributed by atoms with Crippen LogP contribution in [0.15, 0.2) is 6.20 Å². The average molecular weight is 226 g/mol. The highest BCUT2D eigenvalue weighted by atomic mass is 32.1. The van der Waals surface area contributed by atoms with Crippen molar-refractivity contribution in [3.63, 3.8) is 0 Å². The van der Waals surface area contributed by atoms with Gasteiger partial charge in [0, 0.05) is 11.1 Å². The van der Waals surface area contributed by atoms with Crippen molar-refractivity contribution in [2.75, 3.05) is 12.3 Å². The molecule has 0 unspecified atom stereocenters. The molecule has 1 aromatic heterocycles. The summed E-state index contributed by atoms with van der Waals surface area (Å²) >= 11 is 1.51. The number of nitrogen functional groups attached to an aromatic ring is 1. The summed E-state index contributed by atoms with van der Waals surface area (Å²) in [6.45, 7) is 2.30.